The molecule has 27 heavy (non-hydrogen) atoms. The van der Waals surface area contributed by atoms with Crippen molar-refractivity contribution < 1.29 is 17.6 Å². The van der Waals surface area contributed by atoms with E-state index in [2.05, 4.69) is 5.32 Å². The molecule has 2 aromatic rings. The summed E-state index contributed by atoms with van der Waals surface area (Å²) in [6, 6.07) is 12.2. The average Bonchev–Trinajstić information content (AvgIpc) is 2.65. The van der Waals surface area contributed by atoms with Crippen molar-refractivity contribution >= 4 is 33.2 Å². The third-order valence-electron chi connectivity index (χ3n) is 4.52. The summed E-state index contributed by atoms with van der Waals surface area (Å²) < 4.78 is 39.7. The minimum absolute atomic E-state index is 0.142. The molecule has 0 aliphatic carbocycles. The lowest BCUT2D eigenvalue weighted by atomic mass is 9.99. The Labute approximate surface area is 163 Å². The lowest BCUT2D eigenvalue weighted by molar-refractivity contribution is -0.120. The predicted molar refractivity (Wildman–Crippen MR) is 103 cm³/mol. The van der Waals surface area contributed by atoms with Gasteiger partial charge in [0, 0.05) is 23.8 Å². The number of hydrogen-bond acceptors (Lipinski definition) is 3. The molecule has 0 saturated carbocycles. The monoisotopic (exact) mass is 410 g/mol. The second kappa shape index (κ2) is 8.37. The Morgan fingerprint density at radius 3 is 2.48 bits per heavy atom. The van der Waals surface area contributed by atoms with Gasteiger partial charge in [0.25, 0.3) is 0 Å². The number of amides is 1. The van der Waals surface area contributed by atoms with Crippen LogP contribution in [0, 0.1) is 11.7 Å². The van der Waals surface area contributed by atoms with Crippen LogP contribution in [0.25, 0.3) is 0 Å². The zero-order valence-corrected chi connectivity index (χ0v) is 16.1. The second-order valence-corrected chi connectivity index (χ2v) is 8.98. The third-order valence-corrected chi connectivity index (χ3v) is 6.59. The van der Waals surface area contributed by atoms with E-state index >= 15 is 0 Å². The van der Waals surface area contributed by atoms with Gasteiger partial charge >= 0.3 is 0 Å². The van der Waals surface area contributed by atoms with Gasteiger partial charge in [0.15, 0.2) is 0 Å². The van der Waals surface area contributed by atoms with Crippen LogP contribution in [0.2, 0.25) is 5.02 Å². The van der Waals surface area contributed by atoms with Crippen LogP contribution in [-0.4, -0.2) is 31.7 Å². The Balaban J connectivity index is 1.64. The number of nitrogens with one attached hydrogen (secondary N) is 1. The summed E-state index contributed by atoms with van der Waals surface area (Å²) in [4.78, 5) is 12.5. The third kappa shape index (κ3) is 5.28. The van der Waals surface area contributed by atoms with Crippen LogP contribution in [0.1, 0.15) is 18.4 Å². The first-order valence-electron chi connectivity index (χ1n) is 8.62. The highest BCUT2D eigenvalue weighted by Gasteiger charge is 2.32. The van der Waals surface area contributed by atoms with Gasteiger partial charge in [-0.3, -0.25) is 4.79 Å². The largest absolute Gasteiger partial charge is 0.326 e. The van der Waals surface area contributed by atoms with Gasteiger partial charge in [-0.25, -0.2) is 17.1 Å². The van der Waals surface area contributed by atoms with Crippen molar-refractivity contribution in [3.8, 4) is 0 Å². The van der Waals surface area contributed by atoms with E-state index < -0.39 is 21.8 Å². The van der Waals surface area contributed by atoms with Crippen molar-refractivity contribution in [2.45, 2.75) is 18.6 Å². The number of rotatable bonds is 5. The Bertz CT molecular complexity index is 902. The lowest BCUT2D eigenvalue weighted by Gasteiger charge is -2.31. The van der Waals surface area contributed by atoms with Crippen LogP contribution < -0.4 is 5.32 Å². The van der Waals surface area contributed by atoms with E-state index in [1.807, 2.05) is 0 Å². The topological polar surface area (TPSA) is 66.5 Å². The number of hydrogen-bond donors (Lipinski definition) is 1. The van der Waals surface area contributed by atoms with Crippen LogP contribution in [0.3, 0.4) is 0 Å². The summed E-state index contributed by atoms with van der Waals surface area (Å²) in [6.45, 7) is 0.525. The van der Waals surface area contributed by atoms with Crippen LogP contribution in [0.4, 0.5) is 10.1 Å². The maximum absolute atomic E-state index is 13.0. The SMILES string of the molecule is O=C(Nc1ccc(Cl)cc1)C1CCCN(S(=O)(=O)Cc2ccc(F)cc2)C1. The molecule has 1 amide bonds. The van der Waals surface area contributed by atoms with Crippen molar-refractivity contribution in [1.82, 2.24) is 4.31 Å². The molecule has 0 spiro atoms. The van der Waals surface area contributed by atoms with Crippen LogP contribution in [-0.2, 0) is 20.6 Å². The Hall–Kier alpha value is -1.96. The molecule has 0 bridgehead atoms. The minimum atomic E-state index is -3.58. The fraction of sp³-hybridized carbons (Fsp3) is 0.316. The summed E-state index contributed by atoms with van der Waals surface area (Å²) in [5.41, 5.74) is 1.14. The summed E-state index contributed by atoms with van der Waals surface area (Å²) in [5.74, 6) is -1.25. The van der Waals surface area contributed by atoms with Gasteiger partial charge in [-0.2, -0.15) is 0 Å². The normalized spacial score (nSPS) is 18.2. The van der Waals surface area contributed by atoms with Crippen LogP contribution >= 0.6 is 11.6 Å². The van der Waals surface area contributed by atoms with Crippen molar-refractivity contribution in [3.05, 3.63) is 64.9 Å². The molecule has 1 aliphatic rings. The Kier molecular flexibility index (Phi) is 6.14. The van der Waals surface area contributed by atoms with Gasteiger partial charge in [0.05, 0.1) is 11.7 Å². The van der Waals surface area contributed by atoms with E-state index in [1.165, 1.54) is 28.6 Å². The van der Waals surface area contributed by atoms with E-state index in [1.54, 1.807) is 24.3 Å². The van der Waals surface area contributed by atoms with Gasteiger partial charge in [0.1, 0.15) is 5.82 Å². The molecule has 1 N–H and O–H groups in total. The molecule has 1 atom stereocenters. The molecule has 144 valence electrons. The van der Waals surface area contributed by atoms with Crippen LogP contribution in [0.5, 0.6) is 0 Å². The van der Waals surface area contributed by atoms with Gasteiger partial charge < -0.3 is 5.32 Å². The van der Waals surface area contributed by atoms with E-state index in [0.29, 0.717) is 35.7 Å². The number of carbonyl (C=O) groups excluding carboxylic acids is 1. The van der Waals surface area contributed by atoms with E-state index in [-0.39, 0.29) is 18.2 Å². The number of anilines is 1. The second-order valence-electron chi connectivity index (χ2n) is 6.58. The molecule has 5 nitrogen and oxygen atoms in total. The standard InChI is InChI=1S/C19H20ClFN2O3S/c20-16-5-9-18(10-6-16)22-19(24)15-2-1-11-23(12-15)27(25,26)13-14-3-7-17(21)8-4-14/h3-10,15H,1-2,11-13H2,(H,22,24). The van der Waals surface area contributed by atoms with E-state index in [4.69, 9.17) is 11.6 Å². The molecule has 1 fully saturated rings. The molecule has 3 rings (SSSR count). The van der Waals surface area contributed by atoms with E-state index in [9.17, 15) is 17.6 Å². The molecular formula is C19H20ClFN2O3S. The molecule has 1 heterocycles. The summed E-state index contributed by atoms with van der Waals surface area (Å²) in [6.07, 6.45) is 1.24. The molecule has 1 saturated heterocycles. The maximum atomic E-state index is 13.0. The molecule has 2 aromatic carbocycles. The number of halogens is 2. The summed E-state index contributed by atoms with van der Waals surface area (Å²) in [7, 11) is -3.58. The number of nitrogens with zero attached hydrogens (tertiary/aromatic N) is 1. The van der Waals surface area contributed by atoms with Gasteiger partial charge in [0.2, 0.25) is 15.9 Å². The highest BCUT2D eigenvalue weighted by Crippen LogP contribution is 2.23. The maximum Gasteiger partial charge on any atom is 0.228 e. The molecule has 1 unspecified atom stereocenters. The zero-order chi connectivity index (χ0) is 19.4. The quantitative estimate of drug-likeness (QED) is 0.818. The zero-order valence-electron chi connectivity index (χ0n) is 14.6. The van der Waals surface area contributed by atoms with Crippen LogP contribution in [0.15, 0.2) is 48.5 Å². The molecule has 8 heteroatoms. The number of piperidine rings is 1. The van der Waals surface area contributed by atoms with Crippen molar-refractivity contribution in [3.63, 3.8) is 0 Å². The first-order chi connectivity index (χ1) is 12.8. The highest BCUT2D eigenvalue weighted by atomic mass is 35.5. The van der Waals surface area contributed by atoms with Gasteiger partial charge in [-0.15, -0.1) is 0 Å². The summed E-state index contributed by atoms with van der Waals surface area (Å²) in [5, 5.41) is 3.38. The van der Waals surface area contributed by atoms with Crippen molar-refractivity contribution in [2.75, 3.05) is 18.4 Å². The van der Waals surface area contributed by atoms with Gasteiger partial charge in [-0.05, 0) is 54.8 Å². The van der Waals surface area contributed by atoms with Crippen molar-refractivity contribution in [2.24, 2.45) is 5.92 Å². The number of benzene rings is 2. The highest BCUT2D eigenvalue weighted by molar-refractivity contribution is 7.88. The molecule has 1 aliphatic heterocycles. The first kappa shape index (κ1) is 19.8. The Morgan fingerprint density at radius 1 is 1.15 bits per heavy atom. The first-order valence-corrected chi connectivity index (χ1v) is 10.6. The average molecular weight is 411 g/mol. The van der Waals surface area contributed by atoms with Crippen molar-refractivity contribution in [1.29, 1.82) is 0 Å². The molecular weight excluding hydrogens is 391 g/mol. The predicted octanol–water partition coefficient (Wildman–Crippen LogP) is 3.66. The molecule has 0 aromatic heterocycles. The number of sulfonamides is 1. The lowest BCUT2D eigenvalue weighted by Crippen LogP contribution is -2.44. The fourth-order valence-corrected chi connectivity index (χ4v) is 4.81. The Morgan fingerprint density at radius 2 is 1.81 bits per heavy atom. The van der Waals surface area contributed by atoms with Gasteiger partial charge in [-0.1, -0.05) is 23.7 Å². The fourth-order valence-electron chi connectivity index (χ4n) is 3.07. The molecule has 0 radical (unpaired) electrons. The number of carbonyl (C=O) groups is 1. The van der Waals surface area contributed by atoms with E-state index in [0.717, 1.165) is 0 Å². The minimum Gasteiger partial charge on any atom is -0.326 e. The smallest absolute Gasteiger partial charge is 0.228 e. The summed E-state index contributed by atoms with van der Waals surface area (Å²) >= 11 is 5.83.